The van der Waals surface area contributed by atoms with E-state index in [9.17, 15) is 4.79 Å². The first kappa shape index (κ1) is 27.6. The molecule has 1 fully saturated rings. The standard InChI is InChI=1S/C32H34N4O6/c1-19-9-20(16-33-15-19)24-13-25-28(14-27(24)40-6)42-17-26-29(31-32(2,3)35(18-37)7-8-41-31)34-36(30(25)26)21-10-22(38-4)12-23(11-21)39-5/h9-16,18,31H,7-8,17H2,1-6H3. The van der Waals surface area contributed by atoms with E-state index < -0.39 is 11.6 Å². The Kier molecular flexibility index (Phi) is 7.02. The lowest BCUT2D eigenvalue weighted by atomic mass is 9.88. The number of morpholine rings is 1. The Labute approximate surface area is 244 Å². The summed E-state index contributed by atoms with van der Waals surface area (Å²) in [4.78, 5) is 18.2. The number of methoxy groups -OCH3 is 3. The van der Waals surface area contributed by atoms with Gasteiger partial charge in [-0.25, -0.2) is 4.68 Å². The third kappa shape index (κ3) is 4.52. The lowest BCUT2D eigenvalue weighted by Gasteiger charge is -2.45. The van der Waals surface area contributed by atoms with Crippen LogP contribution in [0.4, 0.5) is 0 Å². The molecule has 10 nitrogen and oxygen atoms in total. The van der Waals surface area contributed by atoms with E-state index in [-0.39, 0.29) is 6.61 Å². The van der Waals surface area contributed by atoms with Crippen LogP contribution in [-0.4, -0.2) is 66.1 Å². The number of hydrogen-bond acceptors (Lipinski definition) is 8. The van der Waals surface area contributed by atoms with E-state index >= 15 is 0 Å². The average Bonchev–Trinajstić information content (AvgIpc) is 3.39. The van der Waals surface area contributed by atoms with Crippen molar-refractivity contribution >= 4 is 6.41 Å². The first-order valence-corrected chi connectivity index (χ1v) is 13.7. The number of amides is 1. The molecule has 0 aliphatic carbocycles. The summed E-state index contributed by atoms with van der Waals surface area (Å²) in [6.45, 7) is 7.18. The van der Waals surface area contributed by atoms with Gasteiger partial charge in [-0.3, -0.25) is 9.78 Å². The minimum Gasteiger partial charge on any atom is -0.497 e. The molecule has 1 atom stereocenters. The molecular weight excluding hydrogens is 536 g/mol. The lowest BCUT2D eigenvalue weighted by molar-refractivity contribution is -0.147. The van der Waals surface area contributed by atoms with Gasteiger partial charge in [-0.2, -0.15) is 5.10 Å². The van der Waals surface area contributed by atoms with Gasteiger partial charge in [0.05, 0.1) is 44.9 Å². The van der Waals surface area contributed by atoms with Gasteiger partial charge in [-0.15, -0.1) is 0 Å². The number of nitrogens with zero attached hydrogens (tertiary/aromatic N) is 4. The van der Waals surface area contributed by atoms with Crippen LogP contribution in [0.25, 0.3) is 28.1 Å². The number of carbonyl (C=O) groups excluding carboxylic acids is 1. The van der Waals surface area contributed by atoms with Gasteiger partial charge in [-0.1, -0.05) is 0 Å². The Morgan fingerprint density at radius 3 is 2.40 bits per heavy atom. The van der Waals surface area contributed by atoms with Crippen molar-refractivity contribution in [2.45, 2.75) is 39.0 Å². The lowest BCUT2D eigenvalue weighted by Crippen LogP contribution is -2.54. The minimum atomic E-state index is -0.641. The highest BCUT2D eigenvalue weighted by molar-refractivity contribution is 5.84. The summed E-state index contributed by atoms with van der Waals surface area (Å²) in [5, 5.41) is 5.17. The monoisotopic (exact) mass is 570 g/mol. The van der Waals surface area contributed by atoms with E-state index in [0.29, 0.717) is 41.8 Å². The molecule has 0 radical (unpaired) electrons. The molecule has 2 aliphatic heterocycles. The van der Waals surface area contributed by atoms with E-state index in [1.165, 1.54) is 0 Å². The molecular formula is C32H34N4O6. The summed E-state index contributed by atoms with van der Waals surface area (Å²) in [6.07, 6.45) is 4.04. The van der Waals surface area contributed by atoms with Crippen molar-refractivity contribution in [2.75, 3.05) is 34.5 Å². The maximum Gasteiger partial charge on any atom is 0.210 e. The number of hydrogen-bond donors (Lipinski definition) is 0. The van der Waals surface area contributed by atoms with Crippen LogP contribution in [0.2, 0.25) is 0 Å². The molecule has 4 aromatic rings. The zero-order valence-corrected chi connectivity index (χ0v) is 24.6. The van der Waals surface area contributed by atoms with Crippen LogP contribution in [0, 0.1) is 6.92 Å². The second kappa shape index (κ2) is 10.7. The summed E-state index contributed by atoms with van der Waals surface area (Å²) in [7, 11) is 4.88. The third-order valence-corrected chi connectivity index (χ3v) is 8.08. The highest BCUT2D eigenvalue weighted by Gasteiger charge is 2.44. The molecule has 1 saturated heterocycles. The molecule has 2 aromatic heterocycles. The topological polar surface area (TPSA) is 97.2 Å². The highest BCUT2D eigenvalue weighted by atomic mass is 16.5. The number of benzene rings is 2. The average molecular weight is 571 g/mol. The summed E-state index contributed by atoms with van der Waals surface area (Å²) in [5.74, 6) is 2.61. The molecule has 0 spiro atoms. The zero-order valence-electron chi connectivity index (χ0n) is 24.6. The molecule has 1 amide bonds. The number of rotatable bonds is 7. The van der Waals surface area contributed by atoms with Gasteiger partial charge in [0.2, 0.25) is 6.41 Å². The largest absolute Gasteiger partial charge is 0.497 e. The van der Waals surface area contributed by atoms with Gasteiger partial charge in [-0.05, 0) is 38.5 Å². The predicted octanol–water partition coefficient (Wildman–Crippen LogP) is 5.14. The fourth-order valence-electron chi connectivity index (χ4n) is 5.82. The molecule has 2 aliphatic rings. The van der Waals surface area contributed by atoms with Crippen molar-refractivity contribution in [1.82, 2.24) is 19.7 Å². The molecule has 4 heterocycles. The van der Waals surface area contributed by atoms with Crippen molar-refractivity contribution < 1.29 is 28.5 Å². The normalized spacial score (nSPS) is 17.1. The molecule has 218 valence electrons. The maximum atomic E-state index is 12.0. The quantitative estimate of drug-likeness (QED) is 0.282. The Balaban J connectivity index is 1.63. The predicted molar refractivity (Wildman–Crippen MR) is 156 cm³/mol. The fourth-order valence-corrected chi connectivity index (χ4v) is 5.82. The number of ether oxygens (including phenoxy) is 5. The molecule has 10 heteroatoms. The number of fused-ring (bicyclic) bond motifs is 3. The zero-order chi connectivity index (χ0) is 29.6. The van der Waals surface area contributed by atoms with E-state index in [2.05, 4.69) is 17.1 Å². The first-order chi connectivity index (χ1) is 20.3. The summed E-state index contributed by atoms with van der Waals surface area (Å²) in [5.41, 5.74) is 6.24. The molecule has 0 N–H and O–H groups in total. The summed E-state index contributed by atoms with van der Waals surface area (Å²) < 4.78 is 31.6. The number of aromatic nitrogens is 3. The van der Waals surface area contributed by atoms with Crippen molar-refractivity contribution in [1.29, 1.82) is 0 Å². The van der Waals surface area contributed by atoms with Crippen LogP contribution in [0.15, 0.2) is 48.8 Å². The smallest absolute Gasteiger partial charge is 0.210 e. The van der Waals surface area contributed by atoms with Crippen LogP contribution < -0.4 is 18.9 Å². The van der Waals surface area contributed by atoms with Crippen molar-refractivity contribution in [2.24, 2.45) is 0 Å². The second-order valence-corrected chi connectivity index (χ2v) is 11.0. The van der Waals surface area contributed by atoms with Gasteiger partial charge < -0.3 is 28.6 Å². The number of pyridine rings is 1. The van der Waals surface area contributed by atoms with Crippen LogP contribution >= 0.6 is 0 Å². The van der Waals surface area contributed by atoms with E-state index in [1.807, 2.05) is 62.1 Å². The number of aryl methyl sites for hydroxylation is 1. The fraction of sp³-hybridized carbons (Fsp3) is 0.344. The van der Waals surface area contributed by atoms with Gasteiger partial charge in [0.25, 0.3) is 0 Å². The molecule has 0 saturated carbocycles. The summed E-state index contributed by atoms with van der Waals surface area (Å²) in [6, 6.07) is 11.7. The first-order valence-electron chi connectivity index (χ1n) is 13.7. The SMILES string of the molecule is COc1cc(OC)cc(-n2nc(C3OCCN(C=O)C3(C)C)c3c2-c2cc(-c4cncc(C)c4)c(OC)cc2OC3)c1. The second-order valence-electron chi connectivity index (χ2n) is 11.0. The van der Waals surface area contributed by atoms with Crippen LogP contribution in [0.3, 0.4) is 0 Å². The van der Waals surface area contributed by atoms with E-state index in [1.54, 1.807) is 26.2 Å². The third-order valence-electron chi connectivity index (χ3n) is 8.08. The minimum absolute atomic E-state index is 0.268. The molecule has 2 aromatic carbocycles. The van der Waals surface area contributed by atoms with Crippen LogP contribution in [0.1, 0.15) is 36.8 Å². The Morgan fingerprint density at radius 2 is 1.74 bits per heavy atom. The Morgan fingerprint density at radius 1 is 0.976 bits per heavy atom. The molecule has 1 unspecified atom stereocenters. The van der Waals surface area contributed by atoms with Crippen molar-refractivity contribution in [3.8, 4) is 51.1 Å². The van der Waals surface area contributed by atoms with E-state index in [0.717, 1.165) is 45.6 Å². The highest BCUT2D eigenvalue weighted by Crippen LogP contribution is 2.49. The van der Waals surface area contributed by atoms with Gasteiger partial charge >= 0.3 is 0 Å². The molecule has 0 bridgehead atoms. The van der Waals surface area contributed by atoms with Crippen LogP contribution in [0.5, 0.6) is 23.0 Å². The Bertz CT molecular complexity index is 1640. The van der Waals surface area contributed by atoms with Gasteiger partial charge in [0.15, 0.2) is 0 Å². The van der Waals surface area contributed by atoms with Crippen molar-refractivity contribution in [3.63, 3.8) is 0 Å². The van der Waals surface area contributed by atoms with Gasteiger partial charge in [0, 0.05) is 65.5 Å². The maximum absolute atomic E-state index is 12.0. The van der Waals surface area contributed by atoms with Gasteiger partial charge in [0.1, 0.15) is 41.4 Å². The molecule has 42 heavy (non-hydrogen) atoms. The van der Waals surface area contributed by atoms with Crippen molar-refractivity contribution in [3.05, 3.63) is 65.6 Å². The van der Waals surface area contributed by atoms with Crippen LogP contribution in [-0.2, 0) is 16.1 Å². The number of carbonyl (C=O) groups is 1. The van der Waals surface area contributed by atoms with E-state index in [4.69, 9.17) is 28.8 Å². The Hall–Kier alpha value is -4.57. The summed E-state index contributed by atoms with van der Waals surface area (Å²) >= 11 is 0. The molecule has 6 rings (SSSR count).